The van der Waals surface area contributed by atoms with E-state index in [2.05, 4.69) is 6.92 Å². The van der Waals surface area contributed by atoms with Gasteiger partial charge in [-0.05, 0) is 61.1 Å². The summed E-state index contributed by atoms with van der Waals surface area (Å²) in [5.74, 6) is -4.77. The van der Waals surface area contributed by atoms with Crippen molar-refractivity contribution in [3.63, 3.8) is 0 Å². The number of aliphatic hydroxyl groups excluding tert-OH is 2. The van der Waals surface area contributed by atoms with Gasteiger partial charge in [-0.1, -0.05) is 95.0 Å². The molecule has 2 aromatic rings. The highest BCUT2D eigenvalue weighted by Gasteiger charge is 2.85. The van der Waals surface area contributed by atoms with Crippen LogP contribution in [0.1, 0.15) is 93.4 Å². The largest absolute Gasteiger partial charge is 0.461 e. The highest BCUT2D eigenvalue weighted by molar-refractivity contribution is 5.96. The van der Waals surface area contributed by atoms with Crippen molar-refractivity contribution in [3.05, 3.63) is 95.1 Å². The van der Waals surface area contributed by atoms with Crippen LogP contribution >= 0.6 is 0 Å². The van der Waals surface area contributed by atoms with E-state index in [0.29, 0.717) is 17.6 Å². The van der Waals surface area contributed by atoms with Gasteiger partial charge in [0.15, 0.2) is 17.5 Å². The van der Waals surface area contributed by atoms with Crippen molar-refractivity contribution < 1.29 is 48.7 Å². The SMILES string of the molecule is CCCCCCCC(=O)O[C@]12C[C@@H](C)[C@]34C=C(C)[C@H](OC(=O)c5ccccc5)[C@@]3(O)[C@H](O)C(CO)=C[C@H](C4=O)[C@@H]1[C@]2(C)COC(=O)c1ccccc1. The predicted octanol–water partition coefficient (Wildman–Crippen LogP) is 5.54. The molecule has 10 heteroatoms. The molecule has 0 amide bonds. The Morgan fingerprint density at radius 1 is 0.923 bits per heavy atom. The van der Waals surface area contributed by atoms with Crippen LogP contribution in [0.4, 0.5) is 0 Å². The number of hydrogen-bond acceptors (Lipinski definition) is 10. The molecule has 0 aromatic heterocycles. The number of hydrogen-bond donors (Lipinski definition) is 3. The van der Waals surface area contributed by atoms with Crippen molar-refractivity contribution in [2.45, 2.75) is 96.1 Å². The average Bonchev–Trinajstić information content (AvgIpc) is 3.58. The Morgan fingerprint density at radius 3 is 2.15 bits per heavy atom. The topological polar surface area (TPSA) is 157 Å². The fraction of sp³-hybridized carbons (Fsp3) is 0.524. The van der Waals surface area contributed by atoms with E-state index in [9.17, 15) is 29.7 Å². The van der Waals surface area contributed by atoms with Gasteiger partial charge >= 0.3 is 17.9 Å². The third kappa shape index (κ3) is 5.83. The zero-order chi connectivity index (χ0) is 37.5. The number of benzene rings is 2. The molecule has 6 rings (SSSR count). The Balaban J connectivity index is 1.40. The van der Waals surface area contributed by atoms with Gasteiger partial charge in [0.25, 0.3) is 0 Å². The van der Waals surface area contributed by atoms with Crippen LogP contribution in [0.25, 0.3) is 0 Å². The van der Waals surface area contributed by atoms with E-state index < -0.39 is 82.3 Å². The normalized spacial score (nSPS) is 34.4. The summed E-state index contributed by atoms with van der Waals surface area (Å²) in [7, 11) is 0. The Morgan fingerprint density at radius 2 is 1.54 bits per heavy atom. The number of allylic oxidation sites excluding steroid dienone is 1. The molecule has 0 heterocycles. The van der Waals surface area contributed by atoms with Gasteiger partial charge in [-0.2, -0.15) is 0 Å². The first-order valence-corrected chi connectivity index (χ1v) is 18.5. The summed E-state index contributed by atoms with van der Waals surface area (Å²) in [6, 6.07) is 16.7. The van der Waals surface area contributed by atoms with Gasteiger partial charge in [0.1, 0.15) is 18.3 Å². The van der Waals surface area contributed by atoms with Crippen molar-refractivity contribution in [1.82, 2.24) is 0 Å². The minimum absolute atomic E-state index is 0.0210. The first-order valence-electron chi connectivity index (χ1n) is 18.5. The van der Waals surface area contributed by atoms with Gasteiger partial charge in [-0.3, -0.25) is 9.59 Å². The Hall–Kier alpha value is -4.12. The van der Waals surface area contributed by atoms with Gasteiger partial charge in [0, 0.05) is 23.7 Å². The molecule has 0 saturated heterocycles. The second-order valence-electron chi connectivity index (χ2n) is 15.4. The van der Waals surface area contributed by atoms with Crippen molar-refractivity contribution in [3.8, 4) is 0 Å². The predicted molar refractivity (Wildman–Crippen MR) is 191 cm³/mol. The zero-order valence-corrected chi connectivity index (χ0v) is 30.4. The zero-order valence-electron chi connectivity index (χ0n) is 30.4. The number of aliphatic hydroxyl groups is 3. The molecule has 2 bridgehead atoms. The van der Waals surface area contributed by atoms with E-state index in [4.69, 9.17) is 14.2 Å². The maximum absolute atomic E-state index is 15.3. The lowest BCUT2D eigenvalue weighted by molar-refractivity contribution is -0.192. The standard InChI is InChI=1S/C42H50O10/c1-5-6-7-8-15-20-32(44)52-41-23-27(3)40-22-26(2)36(51-38(48)29-18-13-10-14-19-29)42(40,49)34(45)30(24-43)21-31(35(40)46)33(41)39(41,4)25-50-37(47)28-16-11-9-12-17-28/h9-14,16-19,21-22,27,31,33-34,36,43,45,49H,5-8,15,20,23-25H2,1-4H3/t27-,31+,33-,34-,36+,39+,40+,41-,42+/m1/s1. The van der Waals surface area contributed by atoms with Gasteiger partial charge in [0.05, 0.1) is 23.1 Å². The number of esters is 3. The van der Waals surface area contributed by atoms with E-state index in [1.807, 2.05) is 6.92 Å². The molecule has 9 atom stereocenters. The number of ketones is 1. The van der Waals surface area contributed by atoms with Crippen LogP contribution in [0, 0.1) is 28.6 Å². The maximum Gasteiger partial charge on any atom is 0.338 e. The number of Topliss-reactive ketones (excluding diaryl/α,β-unsaturated/α-hetero) is 1. The van der Waals surface area contributed by atoms with Crippen LogP contribution in [0.5, 0.6) is 0 Å². The Kier molecular flexibility index (Phi) is 10.4. The third-order valence-electron chi connectivity index (χ3n) is 12.3. The molecule has 4 aliphatic carbocycles. The second-order valence-corrected chi connectivity index (χ2v) is 15.4. The monoisotopic (exact) mass is 714 g/mol. The molecule has 1 spiro atoms. The van der Waals surface area contributed by atoms with Crippen molar-refractivity contribution in [2.24, 2.45) is 28.6 Å². The molecule has 10 nitrogen and oxygen atoms in total. The summed E-state index contributed by atoms with van der Waals surface area (Å²) >= 11 is 0. The molecule has 52 heavy (non-hydrogen) atoms. The lowest BCUT2D eigenvalue weighted by atomic mass is 9.58. The molecule has 2 fully saturated rings. The Labute approximate surface area is 304 Å². The number of unbranched alkanes of at least 4 members (excludes halogenated alkanes) is 4. The first-order chi connectivity index (χ1) is 24.8. The van der Waals surface area contributed by atoms with Crippen molar-refractivity contribution in [2.75, 3.05) is 13.2 Å². The fourth-order valence-electron chi connectivity index (χ4n) is 9.67. The highest BCUT2D eigenvalue weighted by atomic mass is 16.6. The lowest BCUT2D eigenvalue weighted by Crippen LogP contribution is -2.66. The van der Waals surface area contributed by atoms with Gasteiger partial charge < -0.3 is 29.5 Å². The van der Waals surface area contributed by atoms with Crippen LogP contribution in [0.3, 0.4) is 0 Å². The first kappa shape index (κ1) is 37.6. The van der Waals surface area contributed by atoms with E-state index in [1.165, 1.54) is 6.08 Å². The van der Waals surface area contributed by atoms with Crippen molar-refractivity contribution in [1.29, 1.82) is 0 Å². The second kappa shape index (κ2) is 14.4. The summed E-state index contributed by atoms with van der Waals surface area (Å²) in [4.78, 5) is 55.5. The summed E-state index contributed by atoms with van der Waals surface area (Å²) in [5, 5.41) is 35.6. The number of rotatable bonds is 13. The molecule has 4 aliphatic rings. The fourth-order valence-corrected chi connectivity index (χ4v) is 9.67. The quantitative estimate of drug-likeness (QED) is 0.104. The third-order valence-corrected chi connectivity index (χ3v) is 12.3. The molecular weight excluding hydrogens is 664 g/mol. The minimum Gasteiger partial charge on any atom is -0.461 e. The molecule has 0 aliphatic heterocycles. The summed E-state index contributed by atoms with van der Waals surface area (Å²) in [5.41, 5.74) is -5.61. The van der Waals surface area contributed by atoms with Crippen LogP contribution in [0.2, 0.25) is 0 Å². The van der Waals surface area contributed by atoms with E-state index in [0.717, 1.165) is 25.7 Å². The van der Waals surface area contributed by atoms with Gasteiger partial charge in [0.2, 0.25) is 0 Å². The van der Waals surface area contributed by atoms with Crippen LogP contribution in [-0.2, 0) is 23.8 Å². The summed E-state index contributed by atoms with van der Waals surface area (Å²) < 4.78 is 18.3. The van der Waals surface area contributed by atoms with Crippen LogP contribution < -0.4 is 0 Å². The molecule has 0 radical (unpaired) electrons. The minimum atomic E-state index is -2.40. The van der Waals surface area contributed by atoms with Gasteiger partial charge in [-0.15, -0.1) is 0 Å². The van der Waals surface area contributed by atoms with Crippen LogP contribution in [-0.4, -0.2) is 75.6 Å². The lowest BCUT2D eigenvalue weighted by Gasteiger charge is -2.49. The van der Waals surface area contributed by atoms with Gasteiger partial charge in [-0.25, -0.2) is 9.59 Å². The maximum atomic E-state index is 15.3. The number of carbonyl (C=O) groups excluding carboxylic acids is 4. The van der Waals surface area contributed by atoms with Crippen molar-refractivity contribution >= 4 is 23.7 Å². The van der Waals surface area contributed by atoms with E-state index >= 15 is 4.79 Å². The average molecular weight is 715 g/mol. The smallest absolute Gasteiger partial charge is 0.338 e. The molecule has 0 unspecified atom stereocenters. The van der Waals surface area contributed by atoms with E-state index in [1.54, 1.807) is 80.6 Å². The Bertz CT molecular complexity index is 1750. The number of fused-ring (bicyclic) bond motifs is 3. The number of carbonyl (C=O) groups is 4. The molecule has 3 N–H and O–H groups in total. The highest BCUT2D eigenvalue weighted by Crippen LogP contribution is 2.75. The molecular formula is C42H50O10. The molecule has 278 valence electrons. The molecule has 2 saturated carbocycles. The molecule has 2 aromatic carbocycles. The summed E-state index contributed by atoms with van der Waals surface area (Å²) in [6.07, 6.45) is 4.74. The van der Waals surface area contributed by atoms with E-state index in [-0.39, 0.29) is 30.6 Å². The summed E-state index contributed by atoms with van der Waals surface area (Å²) in [6.45, 7) is 6.49. The number of ether oxygens (including phenoxy) is 3. The van der Waals surface area contributed by atoms with Crippen LogP contribution in [0.15, 0.2) is 84.0 Å².